The zero-order valence-electron chi connectivity index (χ0n) is 7.51. The number of nitrogens with one attached hydrogen (secondary N) is 1. The van der Waals surface area contributed by atoms with E-state index in [2.05, 4.69) is 20.2 Å². The van der Waals surface area contributed by atoms with Gasteiger partial charge in [-0.25, -0.2) is 0 Å². The van der Waals surface area contributed by atoms with Crippen molar-refractivity contribution in [3.63, 3.8) is 0 Å². The first-order valence-electron chi connectivity index (χ1n) is 4.51. The van der Waals surface area contributed by atoms with Crippen molar-refractivity contribution in [3.05, 3.63) is 18.3 Å². The average molecular weight is 187 g/mol. The molecule has 0 saturated heterocycles. The predicted molar refractivity (Wildman–Crippen MR) is 54.6 cm³/mol. The summed E-state index contributed by atoms with van der Waals surface area (Å²) in [5.74, 6) is 0.848. The fourth-order valence-electron chi connectivity index (χ4n) is 1.53. The standard InChI is InChI=1S/C9H9N5/c1-2-11-8-5-9(13-12-7(1)8)14-4-3-10-6-14/h1-2,5-6,11H,3-4H2. The Morgan fingerprint density at radius 1 is 1.36 bits per heavy atom. The zero-order valence-corrected chi connectivity index (χ0v) is 7.51. The fraction of sp³-hybridized carbons (Fsp3) is 0.222. The summed E-state index contributed by atoms with van der Waals surface area (Å²) in [6.07, 6.45) is 3.67. The number of aliphatic imine (C=N–C) groups is 1. The number of fused-ring (bicyclic) bond motifs is 1. The number of aromatic nitrogens is 3. The number of hydrogen-bond donors (Lipinski definition) is 1. The van der Waals surface area contributed by atoms with Crippen molar-refractivity contribution >= 4 is 23.2 Å². The van der Waals surface area contributed by atoms with Crippen molar-refractivity contribution in [1.29, 1.82) is 0 Å². The third kappa shape index (κ3) is 1.06. The van der Waals surface area contributed by atoms with Crippen molar-refractivity contribution in [2.75, 3.05) is 18.0 Å². The first kappa shape index (κ1) is 7.49. The van der Waals surface area contributed by atoms with Crippen LogP contribution in [-0.4, -0.2) is 34.6 Å². The molecule has 5 nitrogen and oxygen atoms in total. The van der Waals surface area contributed by atoms with Crippen molar-refractivity contribution in [3.8, 4) is 0 Å². The van der Waals surface area contributed by atoms with Gasteiger partial charge in [-0.3, -0.25) is 4.99 Å². The summed E-state index contributed by atoms with van der Waals surface area (Å²) in [4.78, 5) is 9.23. The molecule has 0 fully saturated rings. The van der Waals surface area contributed by atoms with Gasteiger partial charge in [0.1, 0.15) is 5.52 Å². The van der Waals surface area contributed by atoms with Crippen molar-refractivity contribution in [2.45, 2.75) is 0 Å². The van der Waals surface area contributed by atoms with Gasteiger partial charge >= 0.3 is 0 Å². The quantitative estimate of drug-likeness (QED) is 0.718. The Bertz CT molecular complexity index is 487. The molecule has 1 N–H and O–H groups in total. The van der Waals surface area contributed by atoms with Gasteiger partial charge in [0.15, 0.2) is 5.82 Å². The topological polar surface area (TPSA) is 57.2 Å². The molecule has 0 unspecified atom stereocenters. The normalized spacial score (nSPS) is 15.6. The number of hydrogen-bond acceptors (Lipinski definition) is 4. The van der Waals surface area contributed by atoms with E-state index in [0.717, 1.165) is 29.9 Å². The second-order valence-electron chi connectivity index (χ2n) is 3.19. The molecule has 0 aliphatic carbocycles. The molecule has 2 aromatic heterocycles. The number of H-pyrrole nitrogens is 1. The van der Waals surface area contributed by atoms with E-state index < -0.39 is 0 Å². The van der Waals surface area contributed by atoms with Crippen LogP contribution in [0.4, 0.5) is 5.82 Å². The third-order valence-corrected chi connectivity index (χ3v) is 2.27. The second kappa shape index (κ2) is 2.80. The lowest BCUT2D eigenvalue weighted by Gasteiger charge is -2.10. The summed E-state index contributed by atoms with van der Waals surface area (Å²) in [6, 6.07) is 3.89. The van der Waals surface area contributed by atoms with E-state index in [-0.39, 0.29) is 0 Å². The van der Waals surface area contributed by atoms with Gasteiger partial charge in [-0.1, -0.05) is 0 Å². The Morgan fingerprint density at radius 2 is 2.36 bits per heavy atom. The van der Waals surface area contributed by atoms with Crippen molar-refractivity contribution in [2.24, 2.45) is 4.99 Å². The summed E-state index contributed by atoms with van der Waals surface area (Å²) in [5.41, 5.74) is 1.90. The molecule has 1 aliphatic rings. The van der Waals surface area contributed by atoms with Gasteiger partial charge in [-0.05, 0) is 6.07 Å². The molecule has 3 rings (SSSR count). The van der Waals surface area contributed by atoms with Crippen LogP contribution in [0.3, 0.4) is 0 Å². The van der Waals surface area contributed by atoms with Crippen molar-refractivity contribution in [1.82, 2.24) is 15.2 Å². The molecule has 2 aromatic rings. The monoisotopic (exact) mass is 187 g/mol. The first-order chi connectivity index (χ1) is 6.93. The van der Waals surface area contributed by atoms with Crippen LogP contribution in [0.15, 0.2) is 23.3 Å². The maximum absolute atomic E-state index is 4.13. The maximum Gasteiger partial charge on any atom is 0.158 e. The Labute approximate surface area is 80.5 Å². The highest BCUT2D eigenvalue weighted by Crippen LogP contribution is 2.15. The second-order valence-corrected chi connectivity index (χ2v) is 3.19. The molecule has 70 valence electrons. The van der Waals surface area contributed by atoms with Crippen LogP contribution < -0.4 is 4.90 Å². The molecule has 0 saturated carbocycles. The third-order valence-electron chi connectivity index (χ3n) is 2.27. The highest BCUT2D eigenvalue weighted by atomic mass is 15.3. The van der Waals surface area contributed by atoms with E-state index in [1.165, 1.54) is 0 Å². The Hall–Kier alpha value is -1.91. The molecule has 0 radical (unpaired) electrons. The lowest BCUT2D eigenvalue weighted by Crippen LogP contribution is -2.19. The summed E-state index contributed by atoms with van der Waals surface area (Å²) in [6.45, 7) is 1.73. The molecular formula is C9H9N5. The molecule has 3 heterocycles. The predicted octanol–water partition coefficient (Wildman–Crippen LogP) is 0.806. The van der Waals surface area contributed by atoms with Crippen LogP contribution in [0.1, 0.15) is 0 Å². The molecule has 0 bridgehead atoms. The minimum absolute atomic E-state index is 0.838. The van der Waals surface area contributed by atoms with Crippen LogP contribution in [0, 0.1) is 0 Å². The molecular weight excluding hydrogens is 178 g/mol. The lowest BCUT2D eigenvalue weighted by atomic mass is 10.4. The number of aromatic amines is 1. The lowest BCUT2D eigenvalue weighted by molar-refractivity contribution is 0.966. The van der Waals surface area contributed by atoms with Crippen LogP contribution in [0.25, 0.3) is 11.0 Å². The number of nitrogens with zero attached hydrogens (tertiary/aromatic N) is 4. The molecule has 0 amide bonds. The fourth-order valence-corrected chi connectivity index (χ4v) is 1.53. The summed E-state index contributed by atoms with van der Waals surface area (Å²) < 4.78 is 0. The minimum atomic E-state index is 0.838. The van der Waals surface area contributed by atoms with Gasteiger partial charge in [0, 0.05) is 18.8 Å². The highest BCUT2D eigenvalue weighted by molar-refractivity contribution is 5.83. The van der Waals surface area contributed by atoms with E-state index in [1.807, 2.05) is 23.2 Å². The molecule has 5 heteroatoms. The van der Waals surface area contributed by atoms with Crippen molar-refractivity contribution < 1.29 is 0 Å². The number of rotatable bonds is 1. The SMILES string of the molecule is C1=NCCN1c1cc2[nH]ccc2nn1. The van der Waals surface area contributed by atoms with Crippen LogP contribution in [0.5, 0.6) is 0 Å². The minimum Gasteiger partial charge on any atom is -0.360 e. The molecule has 1 aliphatic heterocycles. The van der Waals surface area contributed by atoms with E-state index >= 15 is 0 Å². The van der Waals surface area contributed by atoms with E-state index in [4.69, 9.17) is 0 Å². The van der Waals surface area contributed by atoms with Crippen LogP contribution in [0.2, 0.25) is 0 Å². The molecule has 14 heavy (non-hydrogen) atoms. The molecule has 0 spiro atoms. The van der Waals surface area contributed by atoms with Gasteiger partial charge in [0.2, 0.25) is 0 Å². The Morgan fingerprint density at radius 3 is 3.21 bits per heavy atom. The van der Waals surface area contributed by atoms with Crippen LogP contribution in [-0.2, 0) is 0 Å². The van der Waals surface area contributed by atoms with Crippen LogP contribution >= 0.6 is 0 Å². The van der Waals surface area contributed by atoms with E-state index in [1.54, 1.807) is 6.34 Å². The Kier molecular flexibility index (Phi) is 1.50. The average Bonchev–Trinajstić information content (AvgIpc) is 2.88. The summed E-state index contributed by atoms with van der Waals surface area (Å²) in [7, 11) is 0. The van der Waals surface area contributed by atoms with E-state index in [0.29, 0.717) is 0 Å². The van der Waals surface area contributed by atoms with E-state index in [9.17, 15) is 0 Å². The number of anilines is 1. The Balaban J connectivity index is 2.08. The largest absolute Gasteiger partial charge is 0.360 e. The van der Waals surface area contributed by atoms with Gasteiger partial charge in [-0.15, -0.1) is 10.2 Å². The molecule has 0 aromatic carbocycles. The highest BCUT2D eigenvalue weighted by Gasteiger charge is 2.10. The smallest absolute Gasteiger partial charge is 0.158 e. The maximum atomic E-state index is 4.13. The van der Waals surface area contributed by atoms with Gasteiger partial charge < -0.3 is 9.88 Å². The zero-order chi connectivity index (χ0) is 9.38. The molecule has 0 atom stereocenters. The van der Waals surface area contributed by atoms with Gasteiger partial charge in [0.25, 0.3) is 0 Å². The van der Waals surface area contributed by atoms with Gasteiger partial charge in [0.05, 0.1) is 18.4 Å². The summed E-state index contributed by atoms with van der Waals surface area (Å²) >= 11 is 0. The first-order valence-corrected chi connectivity index (χ1v) is 4.51. The summed E-state index contributed by atoms with van der Waals surface area (Å²) in [5, 5.41) is 8.23. The van der Waals surface area contributed by atoms with Gasteiger partial charge in [-0.2, -0.15) is 0 Å².